The van der Waals surface area contributed by atoms with E-state index in [4.69, 9.17) is 14.2 Å². The highest BCUT2D eigenvalue weighted by Gasteiger charge is 2.19. The number of benzene rings is 3. The van der Waals surface area contributed by atoms with Crippen molar-refractivity contribution >= 4 is 29.7 Å². The summed E-state index contributed by atoms with van der Waals surface area (Å²) in [6.07, 6.45) is 6.43. The molecule has 41 heavy (non-hydrogen) atoms. The van der Waals surface area contributed by atoms with E-state index in [0.717, 1.165) is 12.0 Å². The third kappa shape index (κ3) is 9.21. The fourth-order valence-electron chi connectivity index (χ4n) is 4.08. The first-order valence-electron chi connectivity index (χ1n) is 13.4. The van der Waals surface area contributed by atoms with Crippen molar-refractivity contribution < 1.29 is 33.7 Å². The molecule has 3 rings (SSSR count). The van der Waals surface area contributed by atoms with E-state index < -0.39 is 11.9 Å². The molecule has 0 radical (unpaired) electrons. The van der Waals surface area contributed by atoms with Crippen LogP contribution in [0.4, 0.5) is 0 Å². The normalized spacial score (nSPS) is 12.0. The molecule has 1 atom stereocenters. The summed E-state index contributed by atoms with van der Waals surface area (Å²) in [5.41, 5.74) is 3.39. The zero-order valence-corrected chi connectivity index (χ0v) is 24.0. The molecule has 1 unspecified atom stereocenters. The Balaban J connectivity index is 1.59. The Kier molecular flexibility index (Phi) is 11.0. The molecule has 214 valence electrons. The molecule has 0 heterocycles. The highest BCUT2D eigenvalue weighted by molar-refractivity contribution is 6.10. The molecule has 0 spiro atoms. The lowest BCUT2D eigenvalue weighted by atomic mass is 9.97. The lowest BCUT2D eigenvalue weighted by molar-refractivity contribution is -0.135. The average Bonchev–Trinajstić information content (AvgIpc) is 2.95. The van der Waals surface area contributed by atoms with Crippen LogP contribution in [0.1, 0.15) is 55.4 Å². The molecule has 0 saturated heterocycles. The van der Waals surface area contributed by atoms with Crippen LogP contribution in [0.2, 0.25) is 0 Å². The molecule has 0 amide bonds. The molecule has 0 fully saturated rings. The summed E-state index contributed by atoms with van der Waals surface area (Å²) in [7, 11) is 2.90. The Hall–Kier alpha value is -4.65. The smallest absolute Gasteiger partial charge is 0.318 e. The monoisotopic (exact) mass is 556 g/mol. The van der Waals surface area contributed by atoms with Crippen molar-refractivity contribution in [1.29, 1.82) is 0 Å². The second-order valence-electron chi connectivity index (χ2n) is 10.1. The van der Waals surface area contributed by atoms with Gasteiger partial charge in [-0.3, -0.25) is 14.4 Å². The maximum absolute atomic E-state index is 12.8. The molecule has 3 aromatic rings. The standard InChI is InChI=1S/C34H36O7/c1-22(2)18-24-6-12-27(13-7-24)23(3)34(38)41-31-17-11-26(20-33(31)40-5)9-15-29(36)21-28(35)14-8-25-10-16-30(37)32(19-25)39-4/h6-17,19-20,22-23,37H,18,21H2,1-5H3/b14-8+,15-9+. The predicted octanol–water partition coefficient (Wildman–Crippen LogP) is 6.57. The minimum Gasteiger partial charge on any atom is -0.504 e. The Bertz CT molecular complexity index is 1430. The van der Waals surface area contributed by atoms with Gasteiger partial charge in [0.05, 0.1) is 26.6 Å². The largest absolute Gasteiger partial charge is 0.504 e. The van der Waals surface area contributed by atoms with Crippen molar-refractivity contribution in [2.75, 3.05) is 14.2 Å². The summed E-state index contributed by atoms with van der Waals surface area (Å²) >= 11 is 0. The van der Waals surface area contributed by atoms with Gasteiger partial charge in [-0.2, -0.15) is 0 Å². The van der Waals surface area contributed by atoms with Crippen molar-refractivity contribution in [1.82, 2.24) is 0 Å². The minimum atomic E-state index is -0.465. The van der Waals surface area contributed by atoms with Crippen molar-refractivity contribution in [3.8, 4) is 23.0 Å². The number of esters is 1. The van der Waals surface area contributed by atoms with Gasteiger partial charge in [-0.15, -0.1) is 0 Å². The van der Waals surface area contributed by atoms with Gasteiger partial charge >= 0.3 is 5.97 Å². The number of phenolic OH excluding ortho intramolecular Hbond substituents is 1. The summed E-state index contributed by atoms with van der Waals surface area (Å²) in [4.78, 5) is 37.4. The van der Waals surface area contributed by atoms with Gasteiger partial charge in [0.15, 0.2) is 34.6 Å². The van der Waals surface area contributed by atoms with Crippen LogP contribution >= 0.6 is 0 Å². The zero-order valence-electron chi connectivity index (χ0n) is 24.0. The van der Waals surface area contributed by atoms with Gasteiger partial charge in [-0.1, -0.05) is 62.4 Å². The average molecular weight is 557 g/mol. The Morgan fingerprint density at radius 1 is 0.756 bits per heavy atom. The molecular weight excluding hydrogens is 520 g/mol. The van der Waals surface area contributed by atoms with Crippen LogP contribution in [0.3, 0.4) is 0 Å². The van der Waals surface area contributed by atoms with Crippen LogP contribution in [-0.2, 0) is 20.8 Å². The number of allylic oxidation sites excluding steroid dienone is 2. The van der Waals surface area contributed by atoms with Crippen molar-refractivity contribution in [2.45, 2.75) is 39.5 Å². The van der Waals surface area contributed by atoms with Gasteiger partial charge in [0.2, 0.25) is 0 Å². The number of methoxy groups -OCH3 is 2. The quantitative estimate of drug-likeness (QED) is 0.110. The molecule has 0 aliphatic heterocycles. The molecule has 0 bridgehead atoms. The van der Waals surface area contributed by atoms with E-state index >= 15 is 0 Å². The number of hydrogen-bond acceptors (Lipinski definition) is 7. The topological polar surface area (TPSA) is 99.1 Å². The number of hydrogen-bond donors (Lipinski definition) is 1. The number of carbonyl (C=O) groups excluding carboxylic acids is 3. The molecular formula is C34H36O7. The number of carbonyl (C=O) groups is 3. The summed E-state index contributed by atoms with van der Waals surface area (Å²) in [5.74, 6) is -0.151. The fourth-order valence-corrected chi connectivity index (χ4v) is 4.08. The Labute approximate surface area is 241 Å². The number of ether oxygens (including phenoxy) is 3. The molecule has 1 N–H and O–H groups in total. The van der Waals surface area contributed by atoms with Gasteiger partial charge in [0, 0.05) is 0 Å². The summed E-state index contributed by atoms with van der Waals surface area (Å²) in [6.45, 7) is 6.13. The fraction of sp³-hybridized carbons (Fsp3) is 0.265. The van der Waals surface area contributed by atoms with E-state index in [1.54, 1.807) is 49.4 Å². The SMILES string of the molecule is COc1cc(/C=C/C(=O)CC(=O)/C=C/c2ccc(OC(=O)C(C)c3ccc(CC(C)C)cc3)c(OC)c2)ccc1O. The van der Waals surface area contributed by atoms with Crippen LogP contribution in [-0.4, -0.2) is 36.9 Å². The molecule has 0 aliphatic rings. The van der Waals surface area contributed by atoms with E-state index in [1.807, 2.05) is 24.3 Å². The van der Waals surface area contributed by atoms with Crippen molar-refractivity contribution in [2.24, 2.45) is 5.92 Å². The van der Waals surface area contributed by atoms with Gasteiger partial charge in [-0.05, 0) is 77.9 Å². The van der Waals surface area contributed by atoms with Crippen molar-refractivity contribution in [3.63, 3.8) is 0 Å². The number of phenols is 1. The Morgan fingerprint density at radius 3 is 1.88 bits per heavy atom. The van der Waals surface area contributed by atoms with Gasteiger partial charge in [-0.25, -0.2) is 0 Å². The van der Waals surface area contributed by atoms with E-state index in [0.29, 0.717) is 22.8 Å². The number of rotatable bonds is 13. The molecule has 3 aromatic carbocycles. The van der Waals surface area contributed by atoms with E-state index in [2.05, 4.69) is 13.8 Å². The lowest BCUT2D eigenvalue weighted by Crippen LogP contribution is -2.16. The van der Waals surface area contributed by atoms with Crippen molar-refractivity contribution in [3.05, 3.63) is 95.1 Å². The maximum atomic E-state index is 12.8. The number of ketones is 2. The Morgan fingerprint density at radius 2 is 1.32 bits per heavy atom. The van der Waals surface area contributed by atoms with Crippen LogP contribution in [0.15, 0.2) is 72.8 Å². The van der Waals surface area contributed by atoms with Crippen LogP contribution in [0.25, 0.3) is 12.2 Å². The summed E-state index contributed by atoms with van der Waals surface area (Å²) in [6, 6.07) is 17.6. The first kappa shape index (κ1) is 30.9. The first-order valence-corrected chi connectivity index (χ1v) is 13.4. The second kappa shape index (κ2) is 14.7. The molecule has 7 nitrogen and oxygen atoms in total. The predicted molar refractivity (Wildman–Crippen MR) is 159 cm³/mol. The third-order valence-electron chi connectivity index (χ3n) is 6.35. The van der Waals surface area contributed by atoms with Crippen LogP contribution < -0.4 is 14.2 Å². The van der Waals surface area contributed by atoms with E-state index in [9.17, 15) is 19.5 Å². The molecule has 0 aliphatic carbocycles. The summed E-state index contributed by atoms with van der Waals surface area (Å²) in [5, 5.41) is 9.67. The van der Waals surface area contributed by atoms with E-state index in [1.165, 1.54) is 38.0 Å². The molecule has 0 aromatic heterocycles. The van der Waals surface area contributed by atoms with Gasteiger partial charge in [0.25, 0.3) is 0 Å². The zero-order chi connectivity index (χ0) is 29.9. The maximum Gasteiger partial charge on any atom is 0.318 e. The molecule has 0 saturated carbocycles. The highest BCUT2D eigenvalue weighted by Crippen LogP contribution is 2.31. The van der Waals surface area contributed by atoms with Gasteiger partial charge in [0.1, 0.15) is 0 Å². The third-order valence-corrected chi connectivity index (χ3v) is 6.35. The summed E-state index contributed by atoms with van der Waals surface area (Å²) < 4.78 is 16.1. The molecule has 7 heteroatoms. The lowest BCUT2D eigenvalue weighted by Gasteiger charge is -2.15. The van der Waals surface area contributed by atoms with Crippen LogP contribution in [0.5, 0.6) is 23.0 Å². The number of aromatic hydroxyl groups is 1. The second-order valence-corrected chi connectivity index (χ2v) is 10.1. The minimum absolute atomic E-state index is 0.00332. The van der Waals surface area contributed by atoms with E-state index in [-0.39, 0.29) is 35.2 Å². The highest BCUT2D eigenvalue weighted by atomic mass is 16.6. The first-order chi connectivity index (χ1) is 19.6. The van der Waals surface area contributed by atoms with Gasteiger partial charge < -0.3 is 19.3 Å². The van der Waals surface area contributed by atoms with Crippen LogP contribution in [0, 0.1) is 5.92 Å².